The summed E-state index contributed by atoms with van der Waals surface area (Å²) in [6.45, 7) is 6.85. The maximum absolute atomic E-state index is 12.0. The van der Waals surface area contributed by atoms with Crippen molar-refractivity contribution < 1.29 is 14.7 Å². The van der Waals surface area contributed by atoms with Crippen LogP contribution < -0.4 is 5.32 Å². The normalized spacial score (nSPS) is 26.2. The molecule has 1 rings (SSSR count). The van der Waals surface area contributed by atoms with Gasteiger partial charge in [0.05, 0.1) is 12.1 Å². The molecular weight excluding hydrogens is 208 g/mol. The lowest BCUT2D eigenvalue weighted by atomic mass is 9.96. The zero-order valence-electron chi connectivity index (χ0n) is 10.3. The van der Waals surface area contributed by atoms with E-state index in [1.165, 1.54) is 0 Å². The Balaban J connectivity index is 2.83. The zero-order chi connectivity index (χ0) is 12.6. The van der Waals surface area contributed by atoms with E-state index in [0.29, 0.717) is 6.42 Å². The van der Waals surface area contributed by atoms with Gasteiger partial charge in [-0.2, -0.15) is 0 Å². The summed E-state index contributed by atoms with van der Waals surface area (Å²) in [7, 11) is 0. The number of β-amino-alcohol motifs (C(OH)–C–C–N with tert-alkyl or cyclic N) is 1. The highest BCUT2D eigenvalue weighted by Crippen LogP contribution is 2.23. The van der Waals surface area contributed by atoms with Crippen LogP contribution in [-0.4, -0.2) is 39.6 Å². The maximum atomic E-state index is 12.0. The molecule has 92 valence electrons. The van der Waals surface area contributed by atoms with E-state index in [0.717, 1.165) is 11.3 Å². The highest BCUT2D eigenvalue weighted by molar-refractivity contribution is 6.06. The predicted molar refractivity (Wildman–Crippen MR) is 59.9 cm³/mol. The van der Waals surface area contributed by atoms with Crippen LogP contribution in [0, 0.1) is 0 Å². The average Bonchev–Trinajstić information content (AvgIpc) is 2.28. The van der Waals surface area contributed by atoms with Crippen LogP contribution in [-0.2, 0) is 4.79 Å². The van der Waals surface area contributed by atoms with Crippen molar-refractivity contribution in [1.29, 1.82) is 0 Å². The van der Waals surface area contributed by atoms with E-state index in [4.69, 9.17) is 0 Å². The Morgan fingerprint density at radius 2 is 2.00 bits per heavy atom. The van der Waals surface area contributed by atoms with Gasteiger partial charge in [0.15, 0.2) is 0 Å². The van der Waals surface area contributed by atoms with Crippen LogP contribution in [0.25, 0.3) is 0 Å². The fourth-order valence-electron chi connectivity index (χ4n) is 1.95. The van der Waals surface area contributed by atoms with Crippen molar-refractivity contribution in [1.82, 2.24) is 10.2 Å². The highest BCUT2D eigenvalue weighted by Gasteiger charge is 2.47. The summed E-state index contributed by atoms with van der Waals surface area (Å²) < 4.78 is 0. The van der Waals surface area contributed by atoms with E-state index in [1.807, 2.05) is 6.92 Å². The Bertz CT molecular complexity index is 309. The van der Waals surface area contributed by atoms with E-state index in [1.54, 1.807) is 20.8 Å². The van der Waals surface area contributed by atoms with Crippen LogP contribution in [0.2, 0.25) is 0 Å². The van der Waals surface area contributed by atoms with Gasteiger partial charge < -0.3 is 10.4 Å². The van der Waals surface area contributed by atoms with Crippen LogP contribution in [0.1, 0.15) is 40.5 Å². The summed E-state index contributed by atoms with van der Waals surface area (Å²) in [4.78, 5) is 24.8. The van der Waals surface area contributed by atoms with Crippen molar-refractivity contribution in [2.75, 3.05) is 6.54 Å². The number of rotatable bonds is 4. The maximum Gasteiger partial charge on any atom is 0.325 e. The Morgan fingerprint density at radius 3 is 2.44 bits per heavy atom. The number of nitrogens with one attached hydrogen (secondary N) is 1. The minimum atomic E-state index is -1.07. The second-order valence-corrected chi connectivity index (χ2v) is 5.22. The molecule has 1 unspecified atom stereocenters. The van der Waals surface area contributed by atoms with E-state index in [9.17, 15) is 14.7 Å². The van der Waals surface area contributed by atoms with E-state index in [-0.39, 0.29) is 12.5 Å². The number of amides is 3. The number of aliphatic hydroxyl groups is 1. The zero-order valence-corrected chi connectivity index (χ0v) is 10.3. The van der Waals surface area contributed by atoms with Crippen molar-refractivity contribution in [2.24, 2.45) is 0 Å². The quantitative estimate of drug-likeness (QED) is 0.701. The fourth-order valence-corrected chi connectivity index (χ4v) is 1.95. The number of nitrogens with zero attached hydrogens (tertiary/aromatic N) is 1. The highest BCUT2D eigenvalue weighted by atomic mass is 16.3. The molecule has 0 saturated carbocycles. The first-order chi connectivity index (χ1) is 7.19. The molecule has 0 bridgehead atoms. The topological polar surface area (TPSA) is 69.6 Å². The number of carbonyl (C=O) groups excluding carboxylic acids is 2. The van der Waals surface area contributed by atoms with Crippen LogP contribution in [0.3, 0.4) is 0 Å². The minimum Gasteiger partial charge on any atom is -0.389 e. The molecule has 0 aliphatic carbocycles. The Kier molecular flexibility index (Phi) is 3.28. The Labute approximate surface area is 95.8 Å². The van der Waals surface area contributed by atoms with Crippen LogP contribution in [0.15, 0.2) is 0 Å². The van der Waals surface area contributed by atoms with Crippen LogP contribution >= 0.6 is 0 Å². The summed E-state index contributed by atoms with van der Waals surface area (Å²) in [5.74, 6) is -0.249. The molecule has 1 saturated heterocycles. The molecule has 1 fully saturated rings. The lowest BCUT2D eigenvalue weighted by Crippen LogP contribution is -2.45. The third-order valence-electron chi connectivity index (χ3n) is 2.64. The molecule has 0 aromatic rings. The largest absolute Gasteiger partial charge is 0.389 e. The molecule has 5 heteroatoms. The summed E-state index contributed by atoms with van der Waals surface area (Å²) in [6.07, 6.45) is 1.43. The summed E-state index contributed by atoms with van der Waals surface area (Å²) >= 11 is 0. The van der Waals surface area contributed by atoms with E-state index < -0.39 is 17.2 Å². The van der Waals surface area contributed by atoms with Gasteiger partial charge in [-0.15, -0.1) is 0 Å². The molecule has 0 aromatic carbocycles. The number of urea groups is 1. The average molecular weight is 228 g/mol. The molecule has 0 radical (unpaired) electrons. The van der Waals surface area contributed by atoms with Gasteiger partial charge in [-0.25, -0.2) is 4.79 Å². The predicted octanol–water partition coefficient (Wildman–Crippen LogP) is 0.868. The van der Waals surface area contributed by atoms with Gasteiger partial charge >= 0.3 is 6.03 Å². The lowest BCUT2D eigenvalue weighted by molar-refractivity contribution is -0.133. The molecule has 16 heavy (non-hydrogen) atoms. The monoisotopic (exact) mass is 228 g/mol. The SMILES string of the molecule is CCCC1(C)NC(=O)N(CC(C)(C)O)C1=O. The van der Waals surface area contributed by atoms with Gasteiger partial charge in [0.25, 0.3) is 5.91 Å². The van der Waals surface area contributed by atoms with Crippen molar-refractivity contribution >= 4 is 11.9 Å². The second-order valence-electron chi connectivity index (χ2n) is 5.22. The molecule has 2 N–H and O–H groups in total. The molecule has 0 aromatic heterocycles. The number of hydrogen-bond donors (Lipinski definition) is 2. The smallest absolute Gasteiger partial charge is 0.325 e. The summed E-state index contributed by atoms with van der Waals surface area (Å²) in [6, 6.07) is -0.414. The first-order valence-electron chi connectivity index (χ1n) is 5.56. The van der Waals surface area contributed by atoms with Crippen molar-refractivity contribution in [3.8, 4) is 0 Å². The van der Waals surface area contributed by atoms with Gasteiger partial charge in [0, 0.05) is 0 Å². The molecule has 1 aliphatic rings. The van der Waals surface area contributed by atoms with Gasteiger partial charge in [0.1, 0.15) is 5.54 Å². The first-order valence-corrected chi connectivity index (χ1v) is 5.56. The molecule has 1 heterocycles. The molecule has 1 aliphatic heterocycles. The molecule has 0 spiro atoms. The van der Waals surface area contributed by atoms with E-state index >= 15 is 0 Å². The molecule has 1 atom stereocenters. The van der Waals surface area contributed by atoms with Gasteiger partial charge in [-0.3, -0.25) is 9.69 Å². The van der Waals surface area contributed by atoms with Crippen molar-refractivity contribution in [3.05, 3.63) is 0 Å². The Morgan fingerprint density at radius 1 is 1.44 bits per heavy atom. The second kappa shape index (κ2) is 4.05. The molecule has 5 nitrogen and oxygen atoms in total. The fraction of sp³-hybridized carbons (Fsp3) is 0.818. The van der Waals surface area contributed by atoms with Crippen molar-refractivity contribution in [3.63, 3.8) is 0 Å². The molecular formula is C11H20N2O3. The van der Waals surface area contributed by atoms with Crippen LogP contribution in [0.4, 0.5) is 4.79 Å². The van der Waals surface area contributed by atoms with Crippen molar-refractivity contribution in [2.45, 2.75) is 51.7 Å². The number of imide groups is 1. The third kappa shape index (κ3) is 2.52. The van der Waals surface area contributed by atoms with Gasteiger partial charge in [-0.05, 0) is 27.2 Å². The minimum absolute atomic E-state index is 0.0248. The summed E-state index contributed by atoms with van der Waals surface area (Å²) in [5.41, 5.74) is -1.87. The van der Waals surface area contributed by atoms with E-state index in [2.05, 4.69) is 5.32 Å². The third-order valence-corrected chi connectivity index (χ3v) is 2.64. The van der Waals surface area contributed by atoms with Crippen LogP contribution in [0.5, 0.6) is 0 Å². The van der Waals surface area contributed by atoms with Gasteiger partial charge in [0.2, 0.25) is 0 Å². The molecule has 3 amide bonds. The first kappa shape index (κ1) is 13.0. The Hall–Kier alpha value is -1.10. The summed E-state index contributed by atoms with van der Waals surface area (Å²) in [5, 5.41) is 12.3. The lowest BCUT2D eigenvalue weighted by Gasteiger charge is -2.24. The number of hydrogen-bond acceptors (Lipinski definition) is 3. The standard InChI is InChI=1S/C11H20N2O3/c1-5-6-11(4)8(14)13(9(15)12-11)7-10(2,3)16/h16H,5-7H2,1-4H3,(H,12,15). The number of carbonyl (C=O) groups is 2. The van der Waals surface area contributed by atoms with Gasteiger partial charge in [-0.1, -0.05) is 13.3 Å².